The summed E-state index contributed by atoms with van der Waals surface area (Å²) >= 11 is 1.74. The van der Waals surface area contributed by atoms with Crippen LogP contribution in [-0.4, -0.2) is 36.6 Å². The number of benzene rings is 1. The molecule has 0 saturated carbocycles. The topological polar surface area (TPSA) is 19.4 Å². The Morgan fingerprint density at radius 2 is 2.20 bits per heavy atom. The standard InChI is InChI=1S/C16H21N3S/c1-18(13-16-17-8-10-20-16)11-14-7-9-19(12-14)15-5-3-2-4-6-15/h2-6,8,10,14H,7,9,11-13H2,1H3. The Labute approximate surface area is 124 Å². The van der Waals surface area contributed by atoms with Crippen molar-refractivity contribution in [3.63, 3.8) is 0 Å². The van der Waals surface area contributed by atoms with E-state index in [2.05, 4.69) is 57.5 Å². The lowest BCUT2D eigenvalue weighted by Gasteiger charge is -2.21. The van der Waals surface area contributed by atoms with Crippen LogP contribution in [-0.2, 0) is 6.54 Å². The number of para-hydroxylation sites is 1. The second-order valence-corrected chi connectivity index (χ2v) is 6.54. The van der Waals surface area contributed by atoms with Gasteiger partial charge in [-0.15, -0.1) is 11.3 Å². The van der Waals surface area contributed by atoms with E-state index < -0.39 is 0 Å². The first-order valence-electron chi connectivity index (χ1n) is 7.18. The molecule has 2 aromatic rings. The third-order valence-corrected chi connectivity index (χ3v) is 4.63. The van der Waals surface area contributed by atoms with Crippen LogP contribution in [0.3, 0.4) is 0 Å². The van der Waals surface area contributed by atoms with E-state index >= 15 is 0 Å². The molecule has 3 rings (SSSR count). The van der Waals surface area contributed by atoms with E-state index in [1.807, 2.05) is 6.20 Å². The Kier molecular flexibility index (Phi) is 4.33. The maximum atomic E-state index is 4.36. The zero-order valence-electron chi connectivity index (χ0n) is 11.9. The van der Waals surface area contributed by atoms with Crippen LogP contribution >= 0.6 is 11.3 Å². The third kappa shape index (κ3) is 3.38. The summed E-state index contributed by atoms with van der Waals surface area (Å²) in [4.78, 5) is 9.26. The summed E-state index contributed by atoms with van der Waals surface area (Å²) in [5, 5.41) is 3.26. The Morgan fingerprint density at radius 1 is 1.35 bits per heavy atom. The largest absolute Gasteiger partial charge is 0.371 e. The molecule has 1 fully saturated rings. The number of hydrogen-bond donors (Lipinski definition) is 0. The molecule has 1 aliphatic heterocycles. The predicted molar refractivity (Wildman–Crippen MR) is 85.2 cm³/mol. The lowest BCUT2D eigenvalue weighted by atomic mass is 10.1. The van der Waals surface area contributed by atoms with Gasteiger partial charge < -0.3 is 4.90 Å². The number of thiazole rings is 1. The minimum Gasteiger partial charge on any atom is -0.371 e. The van der Waals surface area contributed by atoms with Crippen LogP contribution in [0.15, 0.2) is 41.9 Å². The van der Waals surface area contributed by atoms with E-state index in [0.29, 0.717) is 0 Å². The quantitative estimate of drug-likeness (QED) is 0.842. The summed E-state index contributed by atoms with van der Waals surface area (Å²) in [6, 6.07) is 10.7. The highest BCUT2D eigenvalue weighted by Gasteiger charge is 2.23. The molecule has 1 unspecified atom stereocenters. The van der Waals surface area contributed by atoms with Crippen LogP contribution in [0.25, 0.3) is 0 Å². The maximum Gasteiger partial charge on any atom is 0.107 e. The summed E-state index contributed by atoms with van der Waals surface area (Å²) in [7, 11) is 2.20. The predicted octanol–water partition coefficient (Wildman–Crippen LogP) is 3.10. The average molecular weight is 287 g/mol. The Hall–Kier alpha value is -1.39. The van der Waals surface area contributed by atoms with Gasteiger partial charge in [-0.3, -0.25) is 4.90 Å². The molecule has 0 aliphatic carbocycles. The van der Waals surface area contributed by atoms with E-state index in [-0.39, 0.29) is 0 Å². The van der Waals surface area contributed by atoms with Crippen molar-refractivity contribution < 1.29 is 0 Å². The molecule has 1 aliphatic rings. The molecule has 3 nitrogen and oxygen atoms in total. The summed E-state index contributed by atoms with van der Waals surface area (Å²) in [6.07, 6.45) is 3.18. The van der Waals surface area contributed by atoms with Gasteiger partial charge in [-0.1, -0.05) is 18.2 Å². The fraction of sp³-hybridized carbons (Fsp3) is 0.438. The smallest absolute Gasteiger partial charge is 0.107 e. The van der Waals surface area contributed by atoms with Crippen molar-refractivity contribution >= 4 is 17.0 Å². The van der Waals surface area contributed by atoms with Gasteiger partial charge in [-0.05, 0) is 31.5 Å². The average Bonchev–Trinajstić information content (AvgIpc) is 3.11. The second kappa shape index (κ2) is 6.37. The normalized spacial score (nSPS) is 18.9. The van der Waals surface area contributed by atoms with Gasteiger partial charge in [-0.2, -0.15) is 0 Å². The summed E-state index contributed by atoms with van der Waals surface area (Å²) in [6.45, 7) is 4.48. The highest BCUT2D eigenvalue weighted by atomic mass is 32.1. The van der Waals surface area contributed by atoms with Crippen LogP contribution < -0.4 is 4.90 Å². The second-order valence-electron chi connectivity index (χ2n) is 5.56. The molecule has 106 valence electrons. The highest BCUT2D eigenvalue weighted by Crippen LogP contribution is 2.24. The van der Waals surface area contributed by atoms with E-state index in [0.717, 1.165) is 19.0 Å². The van der Waals surface area contributed by atoms with Crippen LogP contribution in [0.4, 0.5) is 5.69 Å². The molecule has 1 aromatic carbocycles. The van der Waals surface area contributed by atoms with Crippen molar-refractivity contribution in [3.05, 3.63) is 46.9 Å². The van der Waals surface area contributed by atoms with Gasteiger partial charge >= 0.3 is 0 Å². The summed E-state index contributed by atoms with van der Waals surface area (Å²) in [5.41, 5.74) is 1.36. The monoisotopic (exact) mass is 287 g/mol. The van der Waals surface area contributed by atoms with Crippen LogP contribution in [0.1, 0.15) is 11.4 Å². The van der Waals surface area contributed by atoms with E-state index in [1.54, 1.807) is 11.3 Å². The lowest BCUT2D eigenvalue weighted by molar-refractivity contribution is 0.279. The Balaban J connectivity index is 1.50. The minimum absolute atomic E-state index is 0.764. The number of hydrogen-bond acceptors (Lipinski definition) is 4. The molecule has 0 radical (unpaired) electrons. The van der Waals surface area contributed by atoms with Crippen LogP contribution in [0.5, 0.6) is 0 Å². The molecular formula is C16H21N3S. The molecule has 1 aromatic heterocycles. The van der Waals surface area contributed by atoms with Crippen molar-refractivity contribution in [1.82, 2.24) is 9.88 Å². The van der Waals surface area contributed by atoms with E-state index in [1.165, 1.54) is 30.2 Å². The van der Waals surface area contributed by atoms with Crippen molar-refractivity contribution in [1.29, 1.82) is 0 Å². The van der Waals surface area contributed by atoms with Gasteiger partial charge in [0.05, 0.1) is 6.54 Å². The van der Waals surface area contributed by atoms with Gasteiger partial charge in [0.2, 0.25) is 0 Å². The summed E-state index contributed by atoms with van der Waals surface area (Å²) < 4.78 is 0. The molecule has 0 amide bonds. The first kappa shape index (κ1) is 13.6. The number of aromatic nitrogens is 1. The molecule has 2 heterocycles. The van der Waals surface area contributed by atoms with Crippen molar-refractivity contribution in [2.24, 2.45) is 5.92 Å². The molecule has 0 spiro atoms. The van der Waals surface area contributed by atoms with Gasteiger partial charge in [0, 0.05) is 36.9 Å². The van der Waals surface area contributed by atoms with Crippen molar-refractivity contribution in [2.75, 3.05) is 31.6 Å². The van der Waals surface area contributed by atoms with Crippen molar-refractivity contribution in [3.8, 4) is 0 Å². The number of nitrogens with zero attached hydrogens (tertiary/aromatic N) is 3. The lowest BCUT2D eigenvalue weighted by Crippen LogP contribution is -2.28. The third-order valence-electron chi connectivity index (χ3n) is 3.87. The zero-order chi connectivity index (χ0) is 13.8. The van der Waals surface area contributed by atoms with Crippen LogP contribution in [0.2, 0.25) is 0 Å². The van der Waals surface area contributed by atoms with E-state index in [4.69, 9.17) is 0 Å². The highest BCUT2D eigenvalue weighted by molar-refractivity contribution is 7.09. The number of anilines is 1. The SMILES string of the molecule is CN(Cc1nccs1)CC1CCN(c2ccccc2)C1. The molecule has 1 saturated heterocycles. The molecule has 4 heteroatoms. The first-order chi connectivity index (χ1) is 9.81. The van der Waals surface area contributed by atoms with Gasteiger partial charge in [-0.25, -0.2) is 4.98 Å². The zero-order valence-corrected chi connectivity index (χ0v) is 12.7. The minimum atomic E-state index is 0.764. The van der Waals surface area contributed by atoms with Gasteiger partial charge in [0.15, 0.2) is 0 Å². The van der Waals surface area contributed by atoms with Crippen molar-refractivity contribution in [2.45, 2.75) is 13.0 Å². The molecule has 0 N–H and O–H groups in total. The molecule has 20 heavy (non-hydrogen) atoms. The fourth-order valence-corrected chi connectivity index (χ4v) is 3.62. The first-order valence-corrected chi connectivity index (χ1v) is 8.06. The van der Waals surface area contributed by atoms with Gasteiger partial charge in [0.1, 0.15) is 5.01 Å². The fourth-order valence-electron chi connectivity index (χ4n) is 2.92. The number of rotatable bonds is 5. The molecule has 1 atom stereocenters. The Bertz CT molecular complexity index is 512. The maximum absolute atomic E-state index is 4.36. The van der Waals surface area contributed by atoms with Gasteiger partial charge in [0.25, 0.3) is 0 Å². The molecule has 0 bridgehead atoms. The van der Waals surface area contributed by atoms with Crippen LogP contribution in [0, 0.1) is 5.92 Å². The Morgan fingerprint density at radius 3 is 2.95 bits per heavy atom. The van der Waals surface area contributed by atoms with E-state index in [9.17, 15) is 0 Å². The molecular weight excluding hydrogens is 266 g/mol. The summed E-state index contributed by atoms with van der Waals surface area (Å²) in [5.74, 6) is 0.764.